The maximum atomic E-state index is 13.3. The van der Waals surface area contributed by atoms with Crippen LogP contribution in [0.15, 0.2) is 29.0 Å². The first-order valence-corrected chi connectivity index (χ1v) is 8.00. The summed E-state index contributed by atoms with van der Waals surface area (Å²) in [6, 6.07) is 4.89. The highest BCUT2D eigenvalue weighted by Crippen LogP contribution is 2.26. The second-order valence-corrected chi connectivity index (χ2v) is 5.72. The number of benzene rings is 1. The van der Waals surface area contributed by atoms with Gasteiger partial charge in [0.15, 0.2) is 0 Å². The van der Waals surface area contributed by atoms with Gasteiger partial charge in [-0.05, 0) is 37.6 Å². The van der Waals surface area contributed by atoms with Crippen molar-refractivity contribution < 1.29 is 4.39 Å². The minimum atomic E-state index is -0.239. The van der Waals surface area contributed by atoms with Crippen LogP contribution in [0.5, 0.6) is 0 Å². The zero-order valence-electron chi connectivity index (χ0n) is 12.3. The van der Waals surface area contributed by atoms with Gasteiger partial charge in [0.25, 0.3) is 0 Å². The molecule has 0 radical (unpaired) electrons. The second kappa shape index (κ2) is 7.66. The number of hydrogen-bond acceptors (Lipinski definition) is 3. The van der Waals surface area contributed by atoms with E-state index in [4.69, 9.17) is 0 Å². The number of aryl methyl sites for hydroxylation is 1. The largest absolute Gasteiger partial charge is 0.310 e. The average molecular weight is 355 g/mol. The second-order valence-electron chi connectivity index (χ2n) is 4.87. The Labute approximate surface area is 132 Å². The van der Waals surface area contributed by atoms with E-state index in [1.165, 1.54) is 12.1 Å². The number of aromatic nitrogens is 3. The van der Waals surface area contributed by atoms with Crippen LogP contribution < -0.4 is 5.32 Å². The fraction of sp³-hybridized carbons (Fsp3) is 0.467. The molecule has 1 unspecified atom stereocenters. The van der Waals surface area contributed by atoms with E-state index in [0.717, 1.165) is 41.8 Å². The summed E-state index contributed by atoms with van der Waals surface area (Å²) in [4.78, 5) is 4.33. The molecule has 21 heavy (non-hydrogen) atoms. The van der Waals surface area contributed by atoms with Gasteiger partial charge >= 0.3 is 0 Å². The summed E-state index contributed by atoms with van der Waals surface area (Å²) in [7, 11) is 0. The lowest BCUT2D eigenvalue weighted by Gasteiger charge is -2.20. The predicted molar refractivity (Wildman–Crippen MR) is 84.5 cm³/mol. The van der Waals surface area contributed by atoms with Crippen LogP contribution in [0.1, 0.15) is 37.7 Å². The molecule has 4 nitrogen and oxygen atoms in total. The van der Waals surface area contributed by atoms with E-state index in [-0.39, 0.29) is 11.9 Å². The molecule has 0 aliphatic carbocycles. The van der Waals surface area contributed by atoms with Crippen molar-refractivity contribution in [2.75, 3.05) is 6.54 Å². The third-order valence-electron chi connectivity index (χ3n) is 3.36. The topological polar surface area (TPSA) is 42.7 Å². The monoisotopic (exact) mass is 354 g/mol. The number of halogens is 2. The molecule has 0 spiro atoms. The Kier molecular flexibility index (Phi) is 5.87. The van der Waals surface area contributed by atoms with E-state index >= 15 is 0 Å². The van der Waals surface area contributed by atoms with E-state index < -0.39 is 0 Å². The minimum Gasteiger partial charge on any atom is -0.310 e. The van der Waals surface area contributed by atoms with Gasteiger partial charge in [-0.3, -0.25) is 4.68 Å². The minimum absolute atomic E-state index is 0.0782. The molecule has 0 saturated heterocycles. The van der Waals surface area contributed by atoms with Crippen molar-refractivity contribution in [2.24, 2.45) is 0 Å². The molecule has 1 aromatic heterocycles. The molecular weight excluding hydrogens is 335 g/mol. The number of nitrogens with zero attached hydrogens (tertiary/aromatic N) is 3. The first kappa shape index (κ1) is 16.1. The molecular formula is C15H20BrFN4. The fourth-order valence-electron chi connectivity index (χ4n) is 2.29. The highest BCUT2D eigenvalue weighted by molar-refractivity contribution is 9.10. The van der Waals surface area contributed by atoms with E-state index in [0.29, 0.717) is 0 Å². The summed E-state index contributed by atoms with van der Waals surface area (Å²) in [6.45, 7) is 5.86. The molecule has 114 valence electrons. The Morgan fingerprint density at radius 1 is 1.38 bits per heavy atom. The summed E-state index contributed by atoms with van der Waals surface area (Å²) in [5.41, 5.74) is 1.04. The lowest BCUT2D eigenvalue weighted by Crippen LogP contribution is -2.26. The van der Waals surface area contributed by atoms with E-state index in [1.54, 1.807) is 6.33 Å². The maximum Gasteiger partial charge on any atom is 0.138 e. The Balaban J connectivity index is 2.25. The van der Waals surface area contributed by atoms with Crippen molar-refractivity contribution in [3.05, 3.63) is 46.2 Å². The Bertz CT molecular complexity index is 585. The normalized spacial score (nSPS) is 12.6. The van der Waals surface area contributed by atoms with Crippen LogP contribution in [0.3, 0.4) is 0 Å². The molecule has 1 aromatic carbocycles. The predicted octanol–water partition coefficient (Wildman–Crippen LogP) is 3.48. The van der Waals surface area contributed by atoms with Crippen molar-refractivity contribution in [3.63, 3.8) is 0 Å². The molecule has 0 bridgehead atoms. The summed E-state index contributed by atoms with van der Waals surface area (Å²) >= 11 is 3.46. The van der Waals surface area contributed by atoms with Crippen molar-refractivity contribution in [1.82, 2.24) is 20.1 Å². The Morgan fingerprint density at radius 3 is 2.86 bits per heavy atom. The van der Waals surface area contributed by atoms with Crippen LogP contribution >= 0.6 is 15.9 Å². The van der Waals surface area contributed by atoms with E-state index in [1.807, 2.05) is 17.7 Å². The standard InChI is InChI=1S/C15H20BrFN4/c1-3-7-18-14(9-15-19-10-20-21(15)4-2)12-6-5-11(17)8-13(12)16/h5-6,8,10,14,18H,3-4,7,9H2,1-2H3. The highest BCUT2D eigenvalue weighted by Gasteiger charge is 2.17. The molecule has 1 N–H and O–H groups in total. The number of nitrogens with one attached hydrogen (secondary N) is 1. The number of hydrogen-bond donors (Lipinski definition) is 1. The van der Waals surface area contributed by atoms with Gasteiger partial charge in [0, 0.05) is 23.5 Å². The molecule has 0 fully saturated rings. The molecule has 2 aromatic rings. The Morgan fingerprint density at radius 2 is 2.19 bits per heavy atom. The van der Waals surface area contributed by atoms with Crippen LogP contribution in [0.2, 0.25) is 0 Å². The van der Waals surface area contributed by atoms with Gasteiger partial charge in [-0.1, -0.05) is 28.9 Å². The van der Waals surface area contributed by atoms with Crippen molar-refractivity contribution >= 4 is 15.9 Å². The average Bonchev–Trinajstić information content (AvgIpc) is 2.91. The molecule has 0 aliphatic heterocycles. The summed E-state index contributed by atoms with van der Waals surface area (Å²) in [5, 5.41) is 7.71. The van der Waals surface area contributed by atoms with Gasteiger partial charge in [0.1, 0.15) is 18.0 Å². The Hall–Kier alpha value is -1.27. The number of rotatable bonds is 7. The van der Waals surface area contributed by atoms with Crippen LogP contribution in [0, 0.1) is 5.82 Å². The fourth-order valence-corrected chi connectivity index (χ4v) is 2.91. The molecule has 1 atom stereocenters. The zero-order chi connectivity index (χ0) is 15.2. The lowest BCUT2D eigenvalue weighted by molar-refractivity contribution is 0.494. The SMILES string of the molecule is CCCNC(Cc1ncnn1CC)c1ccc(F)cc1Br. The quantitative estimate of drug-likeness (QED) is 0.827. The molecule has 1 heterocycles. The van der Waals surface area contributed by atoms with Gasteiger partial charge < -0.3 is 5.32 Å². The highest BCUT2D eigenvalue weighted by atomic mass is 79.9. The van der Waals surface area contributed by atoms with Crippen molar-refractivity contribution in [1.29, 1.82) is 0 Å². The van der Waals surface area contributed by atoms with E-state index in [9.17, 15) is 4.39 Å². The smallest absolute Gasteiger partial charge is 0.138 e. The van der Waals surface area contributed by atoms with Gasteiger partial charge in [-0.15, -0.1) is 0 Å². The third kappa shape index (κ3) is 4.11. The van der Waals surface area contributed by atoms with Gasteiger partial charge in [0.05, 0.1) is 0 Å². The van der Waals surface area contributed by atoms with Gasteiger partial charge in [-0.25, -0.2) is 9.37 Å². The first-order chi connectivity index (χ1) is 10.2. The third-order valence-corrected chi connectivity index (χ3v) is 4.05. The summed E-state index contributed by atoms with van der Waals surface area (Å²) < 4.78 is 15.9. The van der Waals surface area contributed by atoms with Crippen LogP contribution in [0.4, 0.5) is 4.39 Å². The maximum absolute atomic E-state index is 13.3. The molecule has 0 saturated carbocycles. The zero-order valence-corrected chi connectivity index (χ0v) is 13.9. The summed E-state index contributed by atoms with van der Waals surface area (Å²) in [6.07, 6.45) is 3.34. The molecule has 6 heteroatoms. The van der Waals surface area contributed by atoms with Crippen LogP contribution in [-0.2, 0) is 13.0 Å². The van der Waals surface area contributed by atoms with Gasteiger partial charge in [-0.2, -0.15) is 5.10 Å². The van der Waals surface area contributed by atoms with Crippen molar-refractivity contribution in [3.8, 4) is 0 Å². The van der Waals surface area contributed by atoms with E-state index in [2.05, 4.69) is 38.3 Å². The van der Waals surface area contributed by atoms with Crippen LogP contribution in [-0.4, -0.2) is 21.3 Å². The molecule has 0 aliphatic rings. The van der Waals surface area contributed by atoms with Gasteiger partial charge in [0.2, 0.25) is 0 Å². The first-order valence-electron chi connectivity index (χ1n) is 7.20. The molecule has 0 amide bonds. The lowest BCUT2D eigenvalue weighted by atomic mass is 10.0. The summed E-state index contributed by atoms with van der Waals surface area (Å²) in [5.74, 6) is 0.693. The van der Waals surface area contributed by atoms with Crippen LogP contribution in [0.25, 0.3) is 0 Å². The van der Waals surface area contributed by atoms with Crippen molar-refractivity contribution in [2.45, 2.75) is 39.3 Å². The molecule has 2 rings (SSSR count).